The van der Waals surface area contributed by atoms with Gasteiger partial charge in [0.05, 0.1) is 11.2 Å². The molecule has 0 amide bonds. The molecule has 3 aromatic carbocycles. The highest BCUT2D eigenvalue weighted by molar-refractivity contribution is 6.01. The van der Waals surface area contributed by atoms with E-state index < -0.39 is 28.6 Å². The monoisotopic (exact) mass is 518 g/mol. The van der Waals surface area contributed by atoms with Crippen molar-refractivity contribution in [3.63, 3.8) is 0 Å². The molecule has 0 spiro atoms. The summed E-state index contributed by atoms with van der Waals surface area (Å²) in [6.45, 7) is 2.53. The summed E-state index contributed by atoms with van der Waals surface area (Å²) in [5.74, 6) is -2.54. The van der Waals surface area contributed by atoms with Gasteiger partial charge in [0, 0.05) is 55.6 Å². The fourth-order valence-corrected chi connectivity index (χ4v) is 4.71. The molecule has 0 bridgehead atoms. The molecule has 4 aromatic rings. The molecule has 1 saturated heterocycles. The molecule has 0 aliphatic carbocycles. The normalized spacial score (nSPS) is 14.7. The number of hydrogen-bond donors (Lipinski definition) is 2. The Morgan fingerprint density at radius 2 is 1.63 bits per heavy atom. The quantitative estimate of drug-likeness (QED) is 0.228. The highest BCUT2D eigenvalue weighted by Crippen LogP contribution is 2.28. The molecule has 8 nitrogen and oxygen atoms in total. The molecule has 1 aliphatic heterocycles. The zero-order chi connectivity index (χ0) is 26.8. The van der Waals surface area contributed by atoms with Crippen molar-refractivity contribution in [3.05, 3.63) is 106 Å². The summed E-state index contributed by atoms with van der Waals surface area (Å²) >= 11 is 0. The minimum atomic E-state index is -1.44. The van der Waals surface area contributed by atoms with Gasteiger partial charge >= 0.3 is 5.97 Å². The van der Waals surface area contributed by atoms with Crippen molar-refractivity contribution in [1.29, 1.82) is 0 Å². The van der Waals surface area contributed by atoms with Gasteiger partial charge in [-0.15, -0.1) is 0 Å². The highest BCUT2D eigenvalue weighted by Gasteiger charge is 2.24. The molecule has 0 radical (unpaired) electrons. The number of benzene rings is 3. The van der Waals surface area contributed by atoms with Crippen molar-refractivity contribution in [2.45, 2.75) is 0 Å². The average Bonchev–Trinajstić information content (AvgIpc) is 2.93. The van der Waals surface area contributed by atoms with Gasteiger partial charge in [0.15, 0.2) is 0 Å². The molecule has 0 unspecified atom stereocenters. The number of carbonyl (C=O) groups is 1. The van der Waals surface area contributed by atoms with Gasteiger partial charge in [-0.1, -0.05) is 35.5 Å². The van der Waals surface area contributed by atoms with Gasteiger partial charge in [-0.2, -0.15) is 0 Å². The average molecular weight is 519 g/mol. The third-order valence-electron chi connectivity index (χ3n) is 6.72. The lowest BCUT2D eigenvalue weighted by atomic mass is 10.1. The van der Waals surface area contributed by atoms with Crippen LogP contribution in [0.25, 0.3) is 16.6 Å². The largest absolute Gasteiger partial charge is 0.477 e. The maximum atomic E-state index is 15.3. The van der Waals surface area contributed by atoms with Crippen molar-refractivity contribution in [2.24, 2.45) is 5.16 Å². The van der Waals surface area contributed by atoms with Crippen LogP contribution in [0.2, 0.25) is 0 Å². The maximum Gasteiger partial charge on any atom is 0.341 e. The number of anilines is 1. The van der Waals surface area contributed by atoms with E-state index in [2.05, 4.69) is 10.1 Å². The molecular weight excluding hydrogens is 494 g/mol. The Morgan fingerprint density at radius 3 is 2.26 bits per heavy atom. The van der Waals surface area contributed by atoms with E-state index >= 15 is 4.39 Å². The third kappa shape index (κ3) is 4.85. The lowest BCUT2D eigenvalue weighted by Crippen LogP contribution is -2.48. The second kappa shape index (κ2) is 10.4. The van der Waals surface area contributed by atoms with Crippen molar-refractivity contribution in [1.82, 2.24) is 9.47 Å². The number of aromatic nitrogens is 1. The molecule has 0 saturated carbocycles. The number of piperazine rings is 1. The number of carboxylic acids is 1. The Kier molecular flexibility index (Phi) is 6.89. The van der Waals surface area contributed by atoms with Gasteiger partial charge in [0.2, 0.25) is 5.43 Å². The first-order valence-electron chi connectivity index (χ1n) is 12.0. The predicted molar refractivity (Wildman–Crippen MR) is 140 cm³/mol. The van der Waals surface area contributed by atoms with Crippen LogP contribution in [0.1, 0.15) is 15.9 Å². The van der Waals surface area contributed by atoms with E-state index in [0.717, 1.165) is 11.6 Å². The van der Waals surface area contributed by atoms with Gasteiger partial charge in [-0.3, -0.25) is 9.69 Å². The minimum Gasteiger partial charge on any atom is -0.477 e. The SMILES string of the molecule is O=C(O)c1cn(-c2ccc(F)cc2)c2cc(N3CCN(CC(=NO)c4ccccc4)CC3)c(F)cc2c1=O. The van der Waals surface area contributed by atoms with Gasteiger partial charge in [-0.05, 0) is 36.4 Å². The zero-order valence-corrected chi connectivity index (χ0v) is 20.2. The fourth-order valence-electron chi connectivity index (χ4n) is 4.71. The first kappa shape index (κ1) is 25.1. The van der Waals surface area contributed by atoms with Gasteiger partial charge < -0.3 is 19.8 Å². The van der Waals surface area contributed by atoms with Crippen molar-refractivity contribution >= 4 is 28.3 Å². The second-order valence-corrected chi connectivity index (χ2v) is 9.02. The number of fused-ring (bicyclic) bond motifs is 1. The van der Waals surface area contributed by atoms with E-state index in [-0.39, 0.29) is 11.1 Å². The summed E-state index contributed by atoms with van der Waals surface area (Å²) < 4.78 is 30.3. The van der Waals surface area contributed by atoms with E-state index in [9.17, 15) is 24.3 Å². The van der Waals surface area contributed by atoms with Crippen LogP contribution < -0.4 is 10.3 Å². The van der Waals surface area contributed by atoms with Crippen LogP contribution >= 0.6 is 0 Å². The molecule has 194 valence electrons. The van der Waals surface area contributed by atoms with Crippen LogP contribution in [0, 0.1) is 11.6 Å². The summed E-state index contributed by atoms with van der Waals surface area (Å²) in [5.41, 5.74) is 1.06. The Hall–Kier alpha value is -4.57. The first-order valence-corrected chi connectivity index (χ1v) is 12.0. The van der Waals surface area contributed by atoms with Crippen LogP contribution in [0.15, 0.2) is 82.9 Å². The number of nitrogens with zero attached hydrogens (tertiary/aromatic N) is 4. The van der Waals surface area contributed by atoms with Crippen LogP contribution in [0.5, 0.6) is 0 Å². The zero-order valence-electron chi connectivity index (χ0n) is 20.2. The molecule has 5 rings (SSSR count). The second-order valence-electron chi connectivity index (χ2n) is 9.02. The molecular formula is C28H24F2N4O4. The summed E-state index contributed by atoms with van der Waals surface area (Å²) in [5, 5.41) is 22.4. The molecule has 38 heavy (non-hydrogen) atoms. The molecule has 10 heteroatoms. The number of carboxylic acid groups (broad SMARTS) is 1. The van der Waals surface area contributed by atoms with Crippen LogP contribution in [-0.4, -0.2) is 64.2 Å². The summed E-state index contributed by atoms with van der Waals surface area (Å²) in [4.78, 5) is 28.5. The first-order chi connectivity index (χ1) is 18.4. The number of rotatable bonds is 6. The third-order valence-corrected chi connectivity index (χ3v) is 6.72. The molecule has 1 aromatic heterocycles. The molecule has 1 aliphatic rings. The number of halogens is 2. The lowest BCUT2D eigenvalue weighted by Gasteiger charge is -2.36. The van der Waals surface area contributed by atoms with Gasteiger partial charge in [0.25, 0.3) is 0 Å². The molecule has 2 heterocycles. The van der Waals surface area contributed by atoms with Crippen molar-refractivity contribution in [3.8, 4) is 5.69 Å². The number of hydrogen-bond acceptors (Lipinski definition) is 6. The maximum absolute atomic E-state index is 15.3. The predicted octanol–water partition coefficient (Wildman–Crippen LogP) is 3.97. The van der Waals surface area contributed by atoms with E-state index in [1.807, 2.05) is 35.2 Å². The fraction of sp³-hybridized carbons (Fsp3) is 0.179. The standard InChI is InChI=1S/C28H24F2N4O4/c29-19-6-8-20(9-7-19)34-16-22(28(36)37)27(35)21-14-23(30)26(15-25(21)34)33-12-10-32(11-13-33)17-24(31-38)18-4-2-1-3-5-18/h1-9,14-16,38H,10-13,17H2,(H,36,37). The van der Waals surface area contributed by atoms with Crippen molar-refractivity contribution < 1.29 is 23.9 Å². The number of aromatic carboxylic acids is 1. The van der Waals surface area contributed by atoms with Crippen LogP contribution in [-0.2, 0) is 0 Å². The Bertz CT molecular complexity index is 1580. The van der Waals surface area contributed by atoms with Crippen LogP contribution in [0.4, 0.5) is 14.5 Å². The molecule has 2 N–H and O–H groups in total. The Balaban J connectivity index is 1.46. The Labute approximate surface area is 216 Å². The van der Waals surface area contributed by atoms with E-state index in [1.165, 1.54) is 41.1 Å². The molecule has 0 atom stereocenters. The smallest absolute Gasteiger partial charge is 0.341 e. The highest BCUT2D eigenvalue weighted by atomic mass is 19.1. The summed E-state index contributed by atoms with van der Waals surface area (Å²) in [6.07, 6.45) is 1.18. The number of oxime groups is 1. The molecule has 1 fully saturated rings. The van der Waals surface area contributed by atoms with E-state index in [4.69, 9.17) is 0 Å². The number of pyridine rings is 1. The van der Waals surface area contributed by atoms with Crippen LogP contribution in [0.3, 0.4) is 0 Å². The minimum absolute atomic E-state index is 0.0826. The van der Waals surface area contributed by atoms with Gasteiger partial charge in [0.1, 0.15) is 22.9 Å². The summed E-state index contributed by atoms with van der Waals surface area (Å²) in [6, 6.07) is 17.3. The van der Waals surface area contributed by atoms with E-state index in [0.29, 0.717) is 49.6 Å². The Morgan fingerprint density at radius 1 is 0.947 bits per heavy atom. The summed E-state index contributed by atoms with van der Waals surface area (Å²) in [7, 11) is 0. The van der Waals surface area contributed by atoms with E-state index in [1.54, 1.807) is 0 Å². The van der Waals surface area contributed by atoms with Gasteiger partial charge in [-0.25, -0.2) is 13.6 Å². The van der Waals surface area contributed by atoms with Crippen molar-refractivity contribution in [2.75, 3.05) is 37.6 Å². The lowest BCUT2D eigenvalue weighted by molar-refractivity contribution is 0.0695. The topological polar surface area (TPSA) is 98.4 Å².